The van der Waals surface area contributed by atoms with Gasteiger partial charge in [-0.05, 0) is 11.8 Å². The second kappa shape index (κ2) is 4.18. The fourth-order valence-electron chi connectivity index (χ4n) is 1.17. The van der Waals surface area contributed by atoms with Crippen LogP contribution in [-0.2, 0) is 11.0 Å². The highest BCUT2D eigenvalue weighted by Gasteiger charge is 2.14. The molecule has 14 heavy (non-hydrogen) atoms. The zero-order valence-corrected chi connectivity index (χ0v) is 10.0. The Bertz CT molecular complexity index is 328. The first-order chi connectivity index (χ1) is 6.37. The average molecular weight is 216 g/mol. The zero-order valence-electron chi connectivity index (χ0n) is 9.05. The number of anilines is 1. The minimum Gasteiger partial charge on any atom is -0.338 e. The fraction of sp³-hybridized carbons (Fsp3) is 0.667. The van der Waals surface area contributed by atoms with Gasteiger partial charge in [0.05, 0.1) is 5.69 Å². The summed E-state index contributed by atoms with van der Waals surface area (Å²) in [5.41, 5.74) is 1.08. The number of hydrogen-bond donors (Lipinski definition) is 1. The highest BCUT2D eigenvalue weighted by atomic mass is 31.1. The summed E-state index contributed by atoms with van der Waals surface area (Å²) in [6, 6.07) is 1.80. The second-order valence-corrected chi connectivity index (χ2v) is 5.96. The van der Waals surface area contributed by atoms with E-state index in [9.17, 15) is 4.57 Å². The summed E-state index contributed by atoms with van der Waals surface area (Å²) >= 11 is 0. The normalized spacial score (nSPS) is 14.0. The SMILES string of the molecule is C[PH](=O)Nc1cc(CC(C)(C)C)no1. The van der Waals surface area contributed by atoms with Crippen molar-refractivity contribution in [3.63, 3.8) is 0 Å². The van der Waals surface area contributed by atoms with Gasteiger partial charge in [0.15, 0.2) is 7.95 Å². The minimum atomic E-state index is -1.75. The van der Waals surface area contributed by atoms with Crippen molar-refractivity contribution in [3.05, 3.63) is 11.8 Å². The quantitative estimate of drug-likeness (QED) is 0.789. The molecular weight excluding hydrogens is 199 g/mol. The highest BCUT2D eigenvalue weighted by molar-refractivity contribution is 7.45. The molecule has 0 amide bonds. The summed E-state index contributed by atoms with van der Waals surface area (Å²) in [5.74, 6) is 0.496. The van der Waals surface area contributed by atoms with Crippen molar-refractivity contribution in [2.45, 2.75) is 27.2 Å². The van der Waals surface area contributed by atoms with Crippen molar-refractivity contribution >= 4 is 13.8 Å². The summed E-state index contributed by atoms with van der Waals surface area (Å²) in [6.07, 6.45) is 0.850. The van der Waals surface area contributed by atoms with Crippen LogP contribution in [0.4, 0.5) is 5.88 Å². The third kappa shape index (κ3) is 3.97. The molecule has 80 valence electrons. The molecular formula is C9H17N2O2P. The first-order valence-corrected chi connectivity index (χ1v) is 6.51. The van der Waals surface area contributed by atoms with Gasteiger partial charge >= 0.3 is 0 Å². The van der Waals surface area contributed by atoms with Gasteiger partial charge in [0.1, 0.15) is 0 Å². The minimum absolute atomic E-state index is 0.186. The Morgan fingerprint density at radius 2 is 2.21 bits per heavy atom. The second-order valence-electron chi connectivity index (χ2n) is 4.60. The van der Waals surface area contributed by atoms with Crippen molar-refractivity contribution < 1.29 is 9.09 Å². The van der Waals surface area contributed by atoms with E-state index in [2.05, 4.69) is 31.0 Å². The van der Waals surface area contributed by atoms with Gasteiger partial charge in [-0.25, -0.2) is 0 Å². The first-order valence-electron chi connectivity index (χ1n) is 4.60. The highest BCUT2D eigenvalue weighted by Crippen LogP contribution is 2.24. The lowest BCUT2D eigenvalue weighted by Gasteiger charge is -2.14. The Morgan fingerprint density at radius 1 is 1.57 bits per heavy atom. The van der Waals surface area contributed by atoms with Gasteiger partial charge in [0.25, 0.3) is 0 Å². The molecule has 0 aliphatic carbocycles. The van der Waals surface area contributed by atoms with E-state index in [1.807, 2.05) is 0 Å². The van der Waals surface area contributed by atoms with Crippen LogP contribution >= 0.6 is 7.95 Å². The van der Waals surface area contributed by atoms with E-state index >= 15 is 0 Å². The largest absolute Gasteiger partial charge is 0.338 e. The molecule has 1 unspecified atom stereocenters. The lowest BCUT2D eigenvalue weighted by Crippen LogP contribution is -2.09. The smallest absolute Gasteiger partial charge is 0.230 e. The predicted octanol–water partition coefficient (Wildman–Crippen LogP) is 2.78. The molecule has 1 aromatic rings. The van der Waals surface area contributed by atoms with E-state index in [0.717, 1.165) is 12.1 Å². The Balaban J connectivity index is 2.64. The molecule has 0 aliphatic rings. The monoisotopic (exact) mass is 216 g/mol. The van der Waals surface area contributed by atoms with E-state index in [1.165, 1.54) is 0 Å². The van der Waals surface area contributed by atoms with Gasteiger partial charge in [-0.3, -0.25) is 0 Å². The standard InChI is InChI=1S/C9H17N2O2P/c1-9(2,3)6-7-5-8(13-10-7)11-14(4)12/h5,14H,6H2,1-4H3,(H,11,12). The van der Waals surface area contributed by atoms with E-state index in [4.69, 9.17) is 4.52 Å². The van der Waals surface area contributed by atoms with Crippen LogP contribution in [-0.4, -0.2) is 11.8 Å². The van der Waals surface area contributed by atoms with E-state index in [0.29, 0.717) is 5.88 Å². The van der Waals surface area contributed by atoms with Crippen molar-refractivity contribution in [2.24, 2.45) is 5.41 Å². The van der Waals surface area contributed by atoms with Crippen LogP contribution in [0.3, 0.4) is 0 Å². The third-order valence-corrected chi connectivity index (χ3v) is 2.17. The summed E-state index contributed by atoms with van der Waals surface area (Å²) in [6.45, 7) is 8.03. The molecule has 1 N–H and O–H groups in total. The molecule has 0 saturated carbocycles. The summed E-state index contributed by atoms with van der Waals surface area (Å²) in [7, 11) is -1.75. The number of hydrogen-bond acceptors (Lipinski definition) is 3. The van der Waals surface area contributed by atoms with Crippen LogP contribution in [0, 0.1) is 5.41 Å². The topological polar surface area (TPSA) is 55.1 Å². The summed E-state index contributed by atoms with van der Waals surface area (Å²) < 4.78 is 15.9. The van der Waals surface area contributed by atoms with Crippen molar-refractivity contribution in [1.82, 2.24) is 5.16 Å². The first kappa shape index (κ1) is 11.3. The van der Waals surface area contributed by atoms with Gasteiger partial charge in [0, 0.05) is 12.7 Å². The predicted molar refractivity (Wildman–Crippen MR) is 58.2 cm³/mol. The average Bonchev–Trinajstić information content (AvgIpc) is 2.30. The maximum atomic E-state index is 10.9. The van der Waals surface area contributed by atoms with Crippen LogP contribution < -0.4 is 5.09 Å². The molecule has 0 spiro atoms. The van der Waals surface area contributed by atoms with Gasteiger partial charge in [0.2, 0.25) is 5.88 Å². The molecule has 0 bridgehead atoms. The fourth-order valence-corrected chi connectivity index (χ4v) is 1.64. The molecule has 0 radical (unpaired) electrons. The van der Waals surface area contributed by atoms with Crippen molar-refractivity contribution in [2.75, 3.05) is 11.8 Å². The lowest BCUT2D eigenvalue weighted by atomic mass is 9.91. The molecule has 0 aliphatic heterocycles. The molecule has 1 rings (SSSR count). The van der Waals surface area contributed by atoms with Crippen LogP contribution in [0.25, 0.3) is 0 Å². The third-order valence-electron chi connectivity index (χ3n) is 1.57. The molecule has 0 saturated heterocycles. The number of rotatable bonds is 3. The lowest BCUT2D eigenvalue weighted by molar-refractivity contribution is 0.376. The Kier molecular flexibility index (Phi) is 3.38. The van der Waals surface area contributed by atoms with Gasteiger partial charge < -0.3 is 14.2 Å². The Labute approximate surface area is 84.9 Å². The molecule has 1 aromatic heterocycles. The Hall–Kier alpha value is -0.760. The van der Waals surface area contributed by atoms with E-state index in [1.54, 1.807) is 12.7 Å². The molecule has 5 heteroatoms. The Morgan fingerprint density at radius 3 is 2.71 bits per heavy atom. The van der Waals surface area contributed by atoms with Crippen molar-refractivity contribution in [3.8, 4) is 0 Å². The van der Waals surface area contributed by atoms with Crippen molar-refractivity contribution in [1.29, 1.82) is 0 Å². The van der Waals surface area contributed by atoms with Gasteiger partial charge in [-0.1, -0.05) is 25.9 Å². The number of nitrogens with zero attached hydrogens (tertiary/aromatic N) is 1. The summed E-state index contributed by atoms with van der Waals surface area (Å²) in [5, 5.41) is 6.62. The van der Waals surface area contributed by atoms with Gasteiger partial charge in [-0.15, -0.1) is 0 Å². The molecule has 1 heterocycles. The van der Waals surface area contributed by atoms with Gasteiger partial charge in [-0.2, -0.15) is 0 Å². The van der Waals surface area contributed by atoms with Crippen LogP contribution in [0.5, 0.6) is 0 Å². The number of aromatic nitrogens is 1. The van der Waals surface area contributed by atoms with Crippen LogP contribution in [0.15, 0.2) is 10.6 Å². The molecule has 1 atom stereocenters. The van der Waals surface area contributed by atoms with Crippen LogP contribution in [0.2, 0.25) is 0 Å². The maximum Gasteiger partial charge on any atom is 0.230 e. The molecule has 4 nitrogen and oxygen atoms in total. The maximum absolute atomic E-state index is 10.9. The number of nitrogens with one attached hydrogen (secondary N) is 1. The summed E-state index contributed by atoms with van der Waals surface area (Å²) in [4.78, 5) is 0. The molecule has 0 aromatic carbocycles. The van der Waals surface area contributed by atoms with Crippen LogP contribution in [0.1, 0.15) is 26.5 Å². The van der Waals surface area contributed by atoms with E-state index in [-0.39, 0.29) is 5.41 Å². The van der Waals surface area contributed by atoms with E-state index < -0.39 is 7.95 Å². The molecule has 0 fully saturated rings. The zero-order chi connectivity index (χ0) is 10.8.